The summed E-state index contributed by atoms with van der Waals surface area (Å²) in [4.78, 5) is 11.5. The number of thiocarbonyl (C=S) groups is 1. The predicted octanol–water partition coefficient (Wildman–Crippen LogP) is 0.506. The van der Waals surface area contributed by atoms with Gasteiger partial charge in [0.1, 0.15) is 0 Å². The molecule has 0 aliphatic rings. The normalized spacial score (nSPS) is 9.62. The van der Waals surface area contributed by atoms with Crippen LogP contribution in [0.5, 0.6) is 0 Å². The molecule has 0 saturated carbocycles. The van der Waals surface area contributed by atoms with Gasteiger partial charge in [0.05, 0.1) is 0 Å². The molecule has 0 heterocycles. The first kappa shape index (κ1) is 13.0. The molecular formula is C10H12N2O2SSe. The average molecular weight is 303 g/mol. The van der Waals surface area contributed by atoms with Crippen LogP contribution in [-0.2, 0) is 4.74 Å². The SMILES string of the molecule is COC(=O)c1cc([Se]C)ccc1NC(N)=S. The number of carbonyl (C=O) groups excluding carboxylic acids is 1. The van der Waals surface area contributed by atoms with Crippen molar-refractivity contribution >= 4 is 48.4 Å². The Bertz CT molecular complexity index is 423. The number of rotatable bonds is 3. The number of anilines is 1. The molecule has 0 aromatic heterocycles. The number of nitrogens with one attached hydrogen (secondary N) is 1. The third-order valence-corrected chi connectivity index (χ3v) is 3.51. The van der Waals surface area contributed by atoms with Crippen LogP contribution in [0.25, 0.3) is 0 Å². The molecular weight excluding hydrogens is 291 g/mol. The van der Waals surface area contributed by atoms with Gasteiger partial charge in [-0.3, -0.25) is 0 Å². The molecule has 0 unspecified atom stereocenters. The first-order chi connectivity index (χ1) is 7.58. The number of nitrogens with two attached hydrogens (primary N) is 1. The Morgan fingerprint density at radius 3 is 2.75 bits per heavy atom. The summed E-state index contributed by atoms with van der Waals surface area (Å²) in [5.74, 6) is 1.68. The minimum atomic E-state index is -0.398. The van der Waals surface area contributed by atoms with E-state index in [9.17, 15) is 4.79 Å². The Balaban J connectivity index is 3.15. The Morgan fingerprint density at radius 1 is 1.56 bits per heavy atom. The van der Waals surface area contributed by atoms with Gasteiger partial charge in [0.25, 0.3) is 0 Å². The van der Waals surface area contributed by atoms with E-state index in [1.165, 1.54) is 7.11 Å². The van der Waals surface area contributed by atoms with E-state index in [0.29, 0.717) is 26.2 Å². The number of esters is 1. The van der Waals surface area contributed by atoms with Gasteiger partial charge in [-0.1, -0.05) is 0 Å². The number of carbonyl (C=O) groups is 1. The zero-order valence-corrected chi connectivity index (χ0v) is 11.5. The van der Waals surface area contributed by atoms with E-state index in [1.807, 2.05) is 6.07 Å². The van der Waals surface area contributed by atoms with Crippen molar-refractivity contribution in [2.45, 2.75) is 5.82 Å². The molecule has 16 heavy (non-hydrogen) atoms. The van der Waals surface area contributed by atoms with Crippen LogP contribution in [0.15, 0.2) is 18.2 Å². The fourth-order valence-corrected chi connectivity index (χ4v) is 2.20. The van der Waals surface area contributed by atoms with E-state index in [-0.39, 0.29) is 5.11 Å². The summed E-state index contributed by atoms with van der Waals surface area (Å²) in [7, 11) is 1.34. The van der Waals surface area contributed by atoms with Crippen molar-refractivity contribution in [1.29, 1.82) is 0 Å². The van der Waals surface area contributed by atoms with Crippen molar-refractivity contribution in [2.24, 2.45) is 5.73 Å². The topological polar surface area (TPSA) is 64.3 Å². The van der Waals surface area contributed by atoms with Gasteiger partial charge in [-0.15, -0.1) is 0 Å². The summed E-state index contributed by atoms with van der Waals surface area (Å²) in [5.41, 5.74) is 6.41. The van der Waals surface area contributed by atoms with Gasteiger partial charge >= 0.3 is 106 Å². The molecule has 3 N–H and O–H groups in total. The summed E-state index contributed by atoms with van der Waals surface area (Å²) in [5, 5.41) is 2.88. The molecule has 4 nitrogen and oxygen atoms in total. The molecule has 0 bridgehead atoms. The van der Waals surface area contributed by atoms with E-state index in [2.05, 4.69) is 11.1 Å². The molecule has 6 heteroatoms. The van der Waals surface area contributed by atoms with Crippen LogP contribution in [-0.4, -0.2) is 33.1 Å². The molecule has 1 rings (SSSR count). The molecule has 0 atom stereocenters. The van der Waals surface area contributed by atoms with Crippen molar-refractivity contribution in [3.63, 3.8) is 0 Å². The molecule has 1 aromatic carbocycles. The minimum absolute atomic E-state index is 0.125. The molecule has 0 aliphatic heterocycles. The van der Waals surface area contributed by atoms with Crippen LogP contribution in [0.2, 0.25) is 5.82 Å². The second-order valence-corrected chi connectivity index (χ2v) is 5.18. The second kappa shape index (κ2) is 5.84. The number of ether oxygens (including phenoxy) is 1. The van der Waals surface area contributed by atoms with Gasteiger partial charge in [-0.05, 0) is 0 Å². The molecule has 0 fully saturated rings. The van der Waals surface area contributed by atoms with Crippen LogP contribution in [0.3, 0.4) is 0 Å². The summed E-state index contributed by atoms with van der Waals surface area (Å²) >= 11 is 5.06. The summed E-state index contributed by atoms with van der Waals surface area (Å²) in [6.45, 7) is 0. The van der Waals surface area contributed by atoms with Crippen LogP contribution in [0, 0.1) is 0 Å². The van der Waals surface area contributed by atoms with E-state index < -0.39 is 5.97 Å². The van der Waals surface area contributed by atoms with Crippen molar-refractivity contribution in [1.82, 2.24) is 0 Å². The third-order valence-electron chi connectivity index (χ3n) is 1.89. The first-order valence-electron chi connectivity index (χ1n) is 4.41. The average Bonchev–Trinajstić information content (AvgIpc) is 2.28. The van der Waals surface area contributed by atoms with Crippen LogP contribution < -0.4 is 15.5 Å². The quantitative estimate of drug-likeness (QED) is 0.484. The number of benzene rings is 1. The standard InChI is InChI=1S/C10H12N2O2SSe/c1-14-9(13)7-5-6(16-2)3-4-8(7)12-10(11)15/h3-5H,1-2H3,(H3,11,12,15). The Kier molecular flexibility index (Phi) is 4.73. The number of methoxy groups -OCH3 is 1. The van der Waals surface area contributed by atoms with Gasteiger partial charge in [-0.2, -0.15) is 0 Å². The fourth-order valence-electron chi connectivity index (χ4n) is 1.17. The van der Waals surface area contributed by atoms with E-state index >= 15 is 0 Å². The van der Waals surface area contributed by atoms with Crippen molar-refractivity contribution in [3.05, 3.63) is 23.8 Å². The molecule has 0 radical (unpaired) electrons. The Labute approximate surface area is 106 Å². The van der Waals surface area contributed by atoms with Crippen molar-refractivity contribution in [3.8, 4) is 0 Å². The van der Waals surface area contributed by atoms with Crippen LogP contribution >= 0.6 is 12.2 Å². The Hall–Kier alpha value is -1.10. The number of hydrogen-bond acceptors (Lipinski definition) is 3. The van der Waals surface area contributed by atoms with Gasteiger partial charge in [0, 0.05) is 0 Å². The maximum atomic E-state index is 11.5. The zero-order chi connectivity index (χ0) is 12.1. The van der Waals surface area contributed by atoms with E-state index in [1.54, 1.807) is 12.1 Å². The van der Waals surface area contributed by atoms with E-state index in [4.69, 9.17) is 22.7 Å². The van der Waals surface area contributed by atoms with Gasteiger partial charge in [-0.25, -0.2) is 0 Å². The summed E-state index contributed by atoms with van der Waals surface area (Å²) in [6, 6.07) is 5.52. The predicted molar refractivity (Wildman–Crippen MR) is 69.4 cm³/mol. The molecule has 0 amide bonds. The van der Waals surface area contributed by atoms with Crippen molar-refractivity contribution < 1.29 is 9.53 Å². The van der Waals surface area contributed by atoms with Gasteiger partial charge < -0.3 is 0 Å². The van der Waals surface area contributed by atoms with Crippen molar-refractivity contribution in [2.75, 3.05) is 12.4 Å². The molecule has 0 spiro atoms. The molecule has 0 aliphatic carbocycles. The first-order valence-corrected chi connectivity index (χ1v) is 7.39. The fraction of sp³-hybridized carbons (Fsp3) is 0.200. The molecule has 0 saturated heterocycles. The van der Waals surface area contributed by atoms with Gasteiger partial charge in [0.15, 0.2) is 0 Å². The zero-order valence-electron chi connectivity index (χ0n) is 8.94. The van der Waals surface area contributed by atoms with Gasteiger partial charge in [0.2, 0.25) is 0 Å². The second-order valence-electron chi connectivity index (χ2n) is 2.89. The third kappa shape index (κ3) is 3.20. The molecule has 1 aromatic rings. The monoisotopic (exact) mass is 304 g/mol. The summed E-state index contributed by atoms with van der Waals surface area (Å²) in [6.07, 6.45) is 0. The number of hydrogen-bond donors (Lipinski definition) is 2. The van der Waals surface area contributed by atoms with Crippen LogP contribution in [0.4, 0.5) is 5.69 Å². The molecule has 86 valence electrons. The van der Waals surface area contributed by atoms with E-state index in [0.717, 1.165) is 4.46 Å². The van der Waals surface area contributed by atoms with Crippen LogP contribution in [0.1, 0.15) is 10.4 Å². The summed E-state index contributed by atoms with van der Waals surface area (Å²) < 4.78 is 5.81. The Morgan fingerprint density at radius 2 is 2.25 bits per heavy atom. The maximum absolute atomic E-state index is 11.5.